The third-order valence-corrected chi connectivity index (χ3v) is 2.28. The van der Waals surface area contributed by atoms with Gasteiger partial charge in [-0.25, -0.2) is 0 Å². The Bertz CT molecular complexity index is 320. The molecule has 0 aliphatic heterocycles. The Morgan fingerprint density at radius 3 is 2.87 bits per heavy atom. The number of nitrogens with one attached hydrogen (secondary N) is 2. The first-order chi connectivity index (χ1) is 7.15. The van der Waals surface area contributed by atoms with Gasteiger partial charge >= 0.3 is 0 Å². The summed E-state index contributed by atoms with van der Waals surface area (Å²) in [5, 5.41) is 5.86. The topological polar surface area (TPSA) is 54.3 Å². The molecule has 1 aromatic heterocycles. The predicted molar refractivity (Wildman–Crippen MR) is 58.4 cm³/mol. The van der Waals surface area contributed by atoms with Crippen molar-refractivity contribution < 1.29 is 9.21 Å². The molecule has 4 heteroatoms. The zero-order valence-electron chi connectivity index (χ0n) is 9.46. The van der Waals surface area contributed by atoms with E-state index in [9.17, 15) is 4.79 Å². The van der Waals surface area contributed by atoms with Gasteiger partial charge in [0.1, 0.15) is 5.76 Å². The summed E-state index contributed by atoms with van der Waals surface area (Å²) in [5.74, 6) is 0.896. The third-order valence-electron chi connectivity index (χ3n) is 2.28. The molecule has 4 nitrogen and oxygen atoms in total. The van der Waals surface area contributed by atoms with E-state index in [4.69, 9.17) is 4.42 Å². The number of likely N-dealkylation sites (N-methyl/N-ethyl adjacent to an activating group) is 1. The van der Waals surface area contributed by atoms with Gasteiger partial charge in [0, 0.05) is 6.54 Å². The van der Waals surface area contributed by atoms with Crippen LogP contribution in [0.1, 0.15) is 25.2 Å². The van der Waals surface area contributed by atoms with Crippen LogP contribution >= 0.6 is 0 Å². The van der Waals surface area contributed by atoms with Gasteiger partial charge < -0.3 is 9.73 Å². The summed E-state index contributed by atoms with van der Waals surface area (Å²) in [7, 11) is 0. The number of carbonyl (C=O) groups is 1. The first-order valence-corrected chi connectivity index (χ1v) is 5.19. The summed E-state index contributed by atoms with van der Waals surface area (Å²) >= 11 is 0. The molecule has 2 N–H and O–H groups in total. The minimum absolute atomic E-state index is 0.0155. The van der Waals surface area contributed by atoms with E-state index in [1.54, 1.807) is 6.26 Å². The van der Waals surface area contributed by atoms with Crippen molar-refractivity contribution in [2.45, 2.75) is 33.4 Å². The van der Waals surface area contributed by atoms with Crippen LogP contribution in [0.2, 0.25) is 0 Å². The molecule has 0 aliphatic carbocycles. The van der Waals surface area contributed by atoms with E-state index in [2.05, 4.69) is 10.6 Å². The minimum Gasteiger partial charge on any atom is -0.468 e. The minimum atomic E-state index is -0.200. The molecule has 0 saturated carbocycles. The van der Waals surface area contributed by atoms with Crippen molar-refractivity contribution in [1.29, 1.82) is 0 Å². The van der Waals surface area contributed by atoms with E-state index in [1.165, 1.54) is 0 Å². The molecule has 1 aromatic rings. The number of aryl methyl sites for hydroxylation is 1. The summed E-state index contributed by atoms with van der Waals surface area (Å²) < 4.78 is 5.26. The highest BCUT2D eigenvalue weighted by Gasteiger charge is 2.11. The fraction of sp³-hybridized carbons (Fsp3) is 0.545. The summed E-state index contributed by atoms with van der Waals surface area (Å²) in [6.45, 7) is 6.96. The molecule has 0 aliphatic rings. The third kappa shape index (κ3) is 3.40. The van der Waals surface area contributed by atoms with Gasteiger partial charge in [-0.05, 0) is 32.4 Å². The normalized spacial score (nSPS) is 12.5. The van der Waals surface area contributed by atoms with Crippen molar-refractivity contribution in [3.05, 3.63) is 23.7 Å². The maximum Gasteiger partial charge on any atom is 0.236 e. The number of furan rings is 1. The number of rotatable bonds is 5. The number of hydrogen-bond donors (Lipinski definition) is 2. The molecule has 1 amide bonds. The van der Waals surface area contributed by atoms with E-state index in [0.717, 1.165) is 11.3 Å². The lowest BCUT2D eigenvalue weighted by Crippen LogP contribution is -2.41. The summed E-state index contributed by atoms with van der Waals surface area (Å²) in [6, 6.07) is 1.71. The van der Waals surface area contributed by atoms with Crippen LogP contribution in [-0.2, 0) is 11.3 Å². The number of carbonyl (C=O) groups excluding carboxylic acids is 1. The van der Waals surface area contributed by atoms with Crippen LogP contribution < -0.4 is 10.6 Å². The highest BCUT2D eigenvalue weighted by atomic mass is 16.3. The van der Waals surface area contributed by atoms with E-state index < -0.39 is 0 Å². The highest BCUT2D eigenvalue weighted by Crippen LogP contribution is 2.07. The highest BCUT2D eigenvalue weighted by molar-refractivity contribution is 5.81. The van der Waals surface area contributed by atoms with Crippen molar-refractivity contribution in [1.82, 2.24) is 10.6 Å². The first kappa shape index (κ1) is 11.8. The monoisotopic (exact) mass is 210 g/mol. The Balaban J connectivity index is 2.37. The Morgan fingerprint density at radius 1 is 1.60 bits per heavy atom. The molecular weight excluding hydrogens is 192 g/mol. The first-order valence-electron chi connectivity index (χ1n) is 5.19. The Hall–Kier alpha value is -1.29. The molecule has 15 heavy (non-hydrogen) atoms. The van der Waals surface area contributed by atoms with E-state index in [-0.39, 0.29) is 11.9 Å². The molecule has 0 saturated heterocycles. The largest absolute Gasteiger partial charge is 0.468 e. The fourth-order valence-corrected chi connectivity index (χ4v) is 1.25. The molecule has 0 spiro atoms. The molecule has 1 atom stereocenters. The number of hydrogen-bond acceptors (Lipinski definition) is 3. The molecule has 0 bridgehead atoms. The van der Waals surface area contributed by atoms with Crippen LogP contribution in [0, 0.1) is 6.92 Å². The zero-order valence-corrected chi connectivity index (χ0v) is 9.46. The van der Waals surface area contributed by atoms with Gasteiger partial charge in [-0.15, -0.1) is 0 Å². The second kappa shape index (κ2) is 5.56. The van der Waals surface area contributed by atoms with Crippen LogP contribution in [0.5, 0.6) is 0 Å². The van der Waals surface area contributed by atoms with Crippen LogP contribution in [0.3, 0.4) is 0 Å². The van der Waals surface area contributed by atoms with Gasteiger partial charge in [0.15, 0.2) is 0 Å². The van der Waals surface area contributed by atoms with Gasteiger partial charge in [-0.2, -0.15) is 0 Å². The van der Waals surface area contributed by atoms with Gasteiger partial charge in [0.2, 0.25) is 5.91 Å². The second-order valence-corrected chi connectivity index (χ2v) is 3.52. The Labute approximate surface area is 90.0 Å². The van der Waals surface area contributed by atoms with Crippen molar-refractivity contribution in [2.75, 3.05) is 6.54 Å². The van der Waals surface area contributed by atoms with Gasteiger partial charge in [-0.3, -0.25) is 10.1 Å². The molecule has 0 aromatic carbocycles. The van der Waals surface area contributed by atoms with Crippen LogP contribution in [0.4, 0.5) is 0 Å². The van der Waals surface area contributed by atoms with Crippen LogP contribution in [0.25, 0.3) is 0 Å². The lowest BCUT2D eigenvalue weighted by atomic mass is 10.2. The molecule has 84 valence electrons. The van der Waals surface area contributed by atoms with Crippen LogP contribution in [-0.4, -0.2) is 18.5 Å². The van der Waals surface area contributed by atoms with E-state index in [1.807, 2.05) is 26.8 Å². The van der Waals surface area contributed by atoms with Crippen LogP contribution in [0.15, 0.2) is 16.7 Å². The quantitative estimate of drug-likeness (QED) is 0.768. The SMILES string of the molecule is CCNC(=O)C(C)NCc1occc1C. The van der Waals surface area contributed by atoms with Crippen molar-refractivity contribution >= 4 is 5.91 Å². The molecule has 1 unspecified atom stereocenters. The fourth-order valence-electron chi connectivity index (χ4n) is 1.25. The van der Waals surface area contributed by atoms with Crippen molar-refractivity contribution in [2.24, 2.45) is 0 Å². The smallest absolute Gasteiger partial charge is 0.236 e. The molecule has 1 rings (SSSR count). The second-order valence-electron chi connectivity index (χ2n) is 3.52. The zero-order chi connectivity index (χ0) is 11.3. The average molecular weight is 210 g/mol. The van der Waals surface area contributed by atoms with Gasteiger partial charge in [0.25, 0.3) is 0 Å². The Morgan fingerprint density at radius 2 is 2.33 bits per heavy atom. The standard InChI is InChI=1S/C11H18N2O2/c1-4-12-11(14)9(3)13-7-10-8(2)5-6-15-10/h5-6,9,13H,4,7H2,1-3H3,(H,12,14). The van der Waals surface area contributed by atoms with Gasteiger partial charge in [-0.1, -0.05) is 0 Å². The Kier molecular flexibility index (Phi) is 4.37. The number of amides is 1. The predicted octanol–water partition coefficient (Wildman–Crippen LogP) is 1.20. The van der Waals surface area contributed by atoms with E-state index in [0.29, 0.717) is 13.1 Å². The summed E-state index contributed by atoms with van der Waals surface area (Å²) in [4.78, 5) is 11.4. The van der Waals surface area contributed by atoms with Crippen molar-refractivity contribution in [3.63, 3.8) is 0 Å². The molecule has 0 radical (unpaired) electrons. The molecular formula is C11H18N2O2. The summed E-state index contributed by atoms with van der Waals surface area (Å²) in [6.07, 6.45) is 1.66. The lowest BCUT2D eigenvalue weighted by molar-refractivity contribution is -0.122. The molecule has 1 heterocycles. The lowest BCUT2D eigenvalue weighted by Gasteiger charge is -2.12. The van der Waals surface area contributed by atoms with Crippen molar-refractivity contribution in [3.8, 4) is 0 Å². The molecule has 0 fully saturated rings. The van der Waals surface area contributed by atoms with Gasteiger partial charge in [0.05, 0.1) is 18.8 Å². The summed E-state index contributed by atoms with van der Waals surface area (Å²) in [5.41, 5.74) is 1.10. The van der Waals surface area contributed by atoms with E-state index >= 15 is 0 Å². The maximum absolute atomic E-state index is 11.4. The average Bonchev–Trinajstić information content (AvgIpc) is 2.61. The maximum atomic E-state index is 11.4.